The molecule has 0 radical (unpaired) electrons. The molecule has 0 aromatic carbocycles. The number of carbonyl (C=O) groups is 1. The summed E-state index contributed by atoms with van der Waals surface area (Å²) in [7, 11) is 0. The minimum atomic E-state index is -0.336. The number of aromatic nitrogens is 5. The van der Waals surface area contributed by atoms with Crippen LogP contribution >= 0.6 is 0 Å². The van der Waals surface area contributed by atoms with E-state index in [0.717, 1.165) is 18.5 Å². The third kappa shape index (κ3) is 3.38. The van der Waals surface area contributed by atoms with Gasteiger partial charge in [0.25, 0.3) is 5.91 Å². The quantitative estimate of drug-likeness (QED) is 0.593. The van der Waals surface area contributed by atoms with Crippen molar-refractivity contribution >= 4 is 11.9 Å². The molecule has 2 aromatic heterocycles. The zero-order valence-corrected chi connectivity index (χ0v) is 10.7. The van der Waals surface area contributed by atoms with Crippen LogP contribution in [0.15, 0.2) is 6.07 Å². The molecule has 0 spiro atoms. The number of aryl methyl sites for hydroxylation is 1. The number of anilines is 1. The molecule has 2 rings (SSSR count). The largest absolute Gasteiger partial charge is 0.330 e. The molecule has 19 heavy (non-hydrogen) atoms. The van der Waals surface area contributed by atoms with Crippen molar-refractivity contribution < 1.29 is 4.79 Å². The van der Waals surface area contributed by atoms with Crippen LogP contribution < -0.4 is 11.1 Å². The Balaban J connectivity index is 1.98. The number of nitrogens with zero attached hydrogens (tertiary/aromatic N) is 3. The number of carbonyl (C=O) groups excluding carboxylic acids is 1. The monoisotopic (exact) mass is 263 g/mol. The lowest BCUT2D eigenvalue weighted by Gasteiger charge is -1.95. The fourth-order valence-corrected chi connectivity index (χ4v) is 1.64. The summed E-state index contributed by atoms with van der Waals surface area (Å²) in [6.45, 7) is 2.54. The number of H-pyrrole nitrogens is 2. The van der Waals surface area contributed by atoms with E-state index in [0.29, 0.717) is 24.5 Å². The first-order valence-electron chi connectivity index (χ1n) is 6.20. The zero-order valence-electron chi connectivity index (χ0n) is 10.7. The van der Waals surface area contributed by atoms with Crippen LogP contribution in [-0.2, 0) is 12.8 Å². The Morgan fingerprint density at radius 1 is 1.37 bits per heavy atom. The summed E-state index contributed by atoms with van der Waals surface area (Å²) in [6.07, 6.45) is 2.44. The second-order valence-corrected chi connectivity index (χ2v) is 4.13. The van der Waals surface area contributed by atoms with Crippen molar-refractivity contribution in [2.75, 3.05) is 11.9 Å². The van der Waals surface area contributed by atoms with Gasteiger partial charge >= 0.3 is 0 Å². The first-order valence-corrected chi connectivity index (χ1v) is 6.20. The smallest absolute Gasteiger partial charge is 0.278 e. The Hall–Kier alpha value is -2.22. The molecule has 0 aliphatic heterocycles. The number of hydrogen-bond acceptors (Lipinski definition) is 5. The predicted octanol–water partition coefficient (Wildman–Crippen LogP) is 0.234. The van der Waals surface area contributed by atoms with Crippen molar-refractivity contribution in [3.8, 4) is 0 Å². The molecule has 102 valence electrons. The number of rotatable bonds is 6. The maximum absolute atomic E-state index is 11.9. The molecular weight excluding hydrogens is 246 g/mol. The molecule has 1 amide bonds. The maximum Gasteiger partial charge on any atom is 0.278 e. The molecule has 0 saturated heterocycles. The van der Waals surface area contributed by atoms with Crippen molar-refractivity contribution in [2.24, 2.45) is 5.73 Å². The van der Waals surface area contributed by atoms with E-state index < -0.39 is 0 Å². The Morgan fingerprint density at radius 2 is 2.21 bits per heavy atom. The second-order valence-electron chi connectivity index (χ2n) is 4.13. The normalized spacial score (nSPS) is 10.6. The van der Waals surface area contributed by atoms with E-state index in [1.807, 2.05) is 0 Å². The summed E-state index contributed by atoms with van der Waals surface area (Å²) in [4.78, 5) is 16.0. The van der Waals surface area contributed by atoms with Crippen LogP contribution in [0.4, 0.5) is 5.95 Å². The van der Waals surface area contributed by atoms with Gasteiger partial charge in [-0.2, -0.15) is 10.1 Å². The molecule has 8 nitrogen and oxygen atoms in total. The molecule has 0 aliphatic rings. The van der Waals surface area contributed by atoms with Gasteiger partial charge in [-0.05, 0) is 19.0 Å². The van der Waals surface area contributed by atoms with Gasteiger partial charge in [0.15, 0.2) is 5.69 Å². The van der Waals surface area contributed by atoms with Crippen LogP contribution in [0.2, 0.25) is 0 Å². The van der Waals surface area contributed by atoms with Crippen LogP contribution in [0.25, 0.3) is 0 Å². The lowest BCUT2D eigenvalue weighted by atomic mass is 10.2. The number of nitrogens with one attached hydrogen (secondary N) is 3. The number of aromatic amines is 2. The van der Waals surface area contributed by atoms with Gasteiger partial charge in [0.1, 0.15) is 5.82 Å². The van der Waals surface area contributed by atoms with Gasteiger partial charge in [-0.1, -0.05) is 13.3 Å². The van der Waals surface area contributed by atoms with Crippen LogP contribution in [0.1, 0.15) is 35.4 Å². The molecule has 0 bridgehead atoms. The summed E-state index contributed by atoms with van der Waals surface area (Å²) in [5.74, 6) is 0.539. The van der Waals surface area contributed by atoms with Gasteiger partial charge in [0.2, 0.25) is 5.95 Å². The second kappa shape index (κ2) is 6.10. The number of amides is 1. The highest BCUT2D eigenvalue weighted by atomic mass is 16.2. The summed E-state index contributed by atoms with van der Waals surface area (Å²) < 4.78 is 0. The minimum absolute atomic E-state index is 0.230. The minimum Gasteiger partial charge on any atom is -0.330 e. The number of hydrogen-bond donors (Lipinski definition) is 4. The molecule has 0 saturated carbocycles. The van der Waals surface area contributed by atoms with Crippen LogP contribution in [0.5, 0.6) is 0 Å². The highest BCUT2D eigenvalue weighted by Gasteiger charge is 2.13. The standard InChI is InChI=1S/C11H17N7O/c1-2-3-7-6-8(16-15-7)10(19)14-11-13-9(4-5-12)17-18-11/h6H,2-5,12H2,1H3,(H,15,16)(H2,13,14,17,18,19). The molecule has 2 heterocycles. The van der Waals surface area contributed by atoms with Gasteiger partial charge in [-0.3, -0.25) is 20.3 Å². The Morgan fingerprint density at radius 3 is 2.95 bits per heavy atom. The van der Waals surface area contributed by atoms with Crippen molar-refractivity contribution in [1.82, 2.24) is 25.4 Å². The van der Waals surface area contributed by atoms with E-state index in [2.05, 4.69) is 37.6 Å². The van der Waals surface area contributed by atoms with E-state index in [4.69, 9.17) is 5.73 Å². The van der Waals surface area contributed by atoms with E-state index in [9.17, 15) is 4.79 Å². The lowest BCUT2D eigenvalue weighted by molar-refractivity contribution is 0.102. The zero-order chi connectivity index (χ0) is 13.7. The molecule has 0 atom stereocenters. The highest BCUT2D eigenvalue weighted by molar-refractivity contribution is 6.01. The Kier molecular flexibility index (Phi) is 4.24. The average molecular weight is 263 g/mol. The summed E-state index contributed by atoms with van der Waals surface area (Å²) in [5.41, 5.74) is 6.67. The molecule has 2 aromatic rings. The summed E-state index contributed by atoms with van der Waals surface area (Å²) in [6, 6.07) is 1.73. The van der Waals surface area contributed by atoms with Crippen molar-refractivity contribution in [3.63, 3.8) is 0 Å². The molecular formula is C11H17N7O. The predicted molar refractivity (Wildman–Crippen MR) is 69.7 cm³/mol. The van der Waals surface area contributed by atoms with Crippen LogP contribution in [0.3, 0.4) is 0 Å². The fraction of sp³-hybridized carbons (Fsp3) is 0.455. The fourth-order valence-electron chi connectivity index (χ4n) is 1.64. The van der Waals surface area contributed by atoms with Crippen LogP contribution in [-0.4, -0.2) is 37.8 Å². The first kappa shape index (κ1) is 13.2. The van der Waals surface area contributed by atoms with E-state index in [-0.39, 0.29) is 11.9 Å². The van der Waals surface area contributed by atoms with E-state index in [1.165, 1.54) is 0 Å². The third-order valence-electron chi connectivity index (χ3n) is 2.52. The van der Waals surface area contributed by atoms with Crippen LogP contribution in [0, 0.1) is 0 Å². The third-order valence-corrected chi connectivity index (χ3v) is 2.52. The Bertz CT molecular complexity index is 545. The maximum atomic E-state index is 11.9. The highest BCUT2D eigenvalue weighted by Crippen LogP contribution is 2.05. The number of nitrogens with two attached hydrogens (primary N) is 1. The van der Waals surface area contributed by atoms with Gasteiger partial charge < -0.3 is 5.73 Å². The topological polar surface area (TPSA) is 125 Å². The van der Waals surface area contributed by atoms with E-state index >= 15 is 0 Å². The molecule has 0 fully saturated rings. The SMILES string of the molecule is CCCc1cc(C(=O)Nc2n[nH]c(CCN)n2)n[nH]1. The van der Waals surface area contributed by atoms with Crippen molar-refractivity contribution in [2.45, 2.75) is 26.2 Å². The van der Waals surface area contributed by atoms with Crippen molar-refractivity contribution in [1.29, 1.82) is 0 Å². The van der Waals surface area contributed by atoms with E-state index in [1.54, 1.807) is 6.07 Å². The molecule has 5 N–H and O–H groups in total. The lowest BCUT2D eigenvalue weighted by Crippen LogP contribution is -2.13. The molecule has 0 unspecified atom stereocenters. The summed E-state index contributed by atoms with van der Waals surface area (Å²) in [5, 5.41) is 15.9. The first-order chi connectivity index (χ1) is 9.22. The van der Waals surface area contributed by atoms with Gasteiger partial charge in [0.05, 0.1) is 0 Å². The van der Waals surface area contributed by atoms with Gasteiger partial charge in [-0.25, -0.2) is 0 Å². The average Bonchev–Trinajstić information content (AvgIpc) is 3.00. The summed E-state index contributed by atoms with van der Waals surface area (Å²) >= 11 is 0. The molecule has 0 aliphatic carbocycles. The Labute approximate surface area is 110 Å². The van der Waals surface area contributed by atoms with Crippen molar-refractivity contribution in [3.05, 3.63) is 23.3 Å². The molecule has 8 heteroatoms. The van der Waals surface area contributed by atoms with Gasteiger partial charge in [-0.15, -0.1) is 5.10 Å². The van der Waals surface area contributed by atoms with Gasteiger partial charge in [0, 0.05) is 12.1 Å².